The Hall–Kier alpha value is -1.50. The number of anilines is 1. The van der Waals surface area contributed by atoms with Crippen LogP contribution in [0.5, 0.6) is 0 Å². The van der Waals surface area contributed by atoms with Crippen molar-refractivity contribution in [2.75, 3.05) is 5.32 Å². The van der Waals surface area contributed by atoms with Crippen molar-refractivity contribution in [1.29, 1.82) is 0 Å². The molecule has 0 radical (unpaired) electrons. The highest BCUT2D eigenvalue weighted by Gasteiger charge is 2.00. The van der Waals surface area contributed by atoms with Crippen molar-refractivity contribution in [3.63, 3.8) is 0 Å². The zero-order chi connectivity index (χ0) is 12.2. The smallest absolute Gasteiger partial charge is 0.134 e. The molecule has 2 heterocycles. The van der Waals surface area contributed by atoms with Crippen LogP contribution in [0.2, 0.25) is 0 Å². The van der Waals surface area contributed by atoms with Crippen LogP contribution in [0, 0.1) is 0 Å². The van der Waals surface area contributed by atoms with E-state index >= 15 is 0 Å². The second-order valence-corrected chi connectivity index (χ2v) is 4.10. The SMILES string of the molecule is Br.Br.O.c1cncc(CNc2nccc3ccccc23)c1. The standard InChI is InChI=1S/C15H13N3.2BrH.H2O/c1-2-6-14-13(5-1)7-9-17-15(14)18-11-12-4-3-8-16-10-12;;;/h1-10H,11H2,(H,17,18);2*1H;1H2. The lowest BCUT2D eigenvalue weighted by Crippen LogP contribution is -2.01. The number of hydrogen-bond acceptors (Lipinski definition) is 3. The Bertz CT molecular complexity index is 660. The van der Waals surface area contributed by atoms with E-state index in [1.165, 1.54) is 5.39 Å². The molecule has 0 aliphatic heterocycles. The predicted octanol–water partition coefficient (Wildman–Crippen LogP) is 3.57. The molecule has 2 aromatic heterocycles. The van der Waals surface area contributed by atoms with E-state index in [2.05, 4.69) is 27.4 Å². The summed E-state index contributed by atoms with van der Waals surface area (Å²) in [5.74, 6) is 0.914. The van der Waals surface area contributed by atoms with Gasteiger partial charge in [0.05, 0.1) is 0 Å². The molecular formula is C15H17Br2N3O. The highest BCUT2D eigenvalue weighted by Crippen LogP contribution is 2.20. The summed E-state index contributed by atoms with van der Waals surface area (Å²) in [5, 5.41) is 5.69. The molecule has 0 aliphatic carbocycles. The van der Waals surface area contributed by atoms with Gasteiger partial charge >= 0.3 is 0 Å². The quantitative estimate of drug-likeness (QED) is 0.712. The Morgan fingerprint density at radius 1 is 0.905 bits per heavy atom. The summed E-state index contributed by atoms with van der Waals surface area (Å²) in [5.41, 5.74) is 1.15. The molecule has 0 bridgehead atoms. The van der Waals surface area contributed by atoms with E-state index in [0.29, 0.717) is 0 Å². The average molecular weight is 415 g/mol. The summed E-state index contributed by atoms with van der Waals surface area (Å²) in [7, 11) is 0. The molecular weight excluding hydrogens is 398 g/mol. The number of fused-ring (bicyclic) bond motifs is 1. The van der Waals surface area contributed by atoms with Crippen LogP contribution in [0.15, 0.2) is 61.1 Å². The topological polar surface area (TPSA) is 69.3 Å². The van der Waals surface area contributed by atoms with Gasteiger partial charge in [-0.05, 0) is 23.1 Å². The molecule has 21 heavy (non-hydrogen) atoms. The zero-order valence-electron chi connectivity index (χ0n) is 11.2. The maximum atomic E-state index is 4.39. The zero-order valence-corrected chi connectivity index (χ0v) is 14.6. The van der Waals surface area contributed by atoms with Crippen LogP contribution in [-0.2, 0) is 6.54 Å². The molecule has 0 saturated carbocycles. The van der Waals surface area contributed by atoms with Gasteiger partial charge in [-0.25, -0.2) is 4.98 Å². The molecule has 3 N–H and O–H groups in total. The van der Waals surface area contributed by atoms with Crippen molar-refractivity contribution in [3.8, 4) is 0 Å². The van der Waals surface area contributed by atoms with Gasteiger partial charge in [-0.2, -0.15) is 0 Å². The number of aromatic nitrogens is 2. The molecule has 0 amide bonds. The molecule has 0 aliphatic rings. The first-order valence-corrected chi connectivity index (χ1v) is 5.90. The molecule has 0 unspecified atom stereocenters. The highest BCUT2D eigenvalue weighted by molar-refractivity contribution is 8.93. The summed E-state index contributed by atoms with van der Waals surface area (Å²) in [4.78, 5) is 8.49. The third kappa shape index (κ3) is 4.77. The summed E-state index contributed by atoms with van der Waals surface area (Å²) in [6, 6.07) is 14.2. The van der Waals surface area contributed by atoms with Gasteiger partial charge in [-0.1, -0.05) is 30.3 Å². The Morgan fingerprint density at radius 3 is 2.48 bits per heavy atom. The minimum atomic E-state index is 0. The number of halogens is 2. The minimum Gasteiger partial charge on any atom is -0.412 e. The number of nitrogens with one attached hydrogen (secondary N) is 1. The van der Waals surface area contributed by atoms with E-state index < -0.39 is 0 Å². The van der Waals surface area contributed by atoms with Gasteiger partial charge in [0, 0.05) is 30.5 Å². The number of benzene rings is 1. The normalized spacial score (nSPS) is 8.95. The monoisotopic (exact) mass is 413 g/mol. The predicted molar refractivity (Wildman–Crippen MR) is 97.6 cm³/mol. The number of nitrogens with zero attached hydrogens (tertiary/aromatic N) is 2. The second-order valence-electron chi connectivity index (χ2n) is 4.10. The number of rotatable bonds is 3. The van der Waals surface area contributed by atoms with Crippen molar-refractivity contribution in [2.45, 2.75) is 6.54 Å². The highest BCUT2D eigenvalue weighted by atomic mass is 79.9. The van der Waals surface area contributed by atoms with Gasteiger partial charge in [0.1, 0.15) is 5.82 Å². The first-order chi connectivity index (χ1) is 8.93. The lowest BCUT2D eigenvalue weighted by molar-refractivity contribution is 0.824. The van der Waals surface area contributed by atoms with Gasteiger partial charge < -0.3 is 10.8 Å². The molecule has 0 spiro atoms. The van der Waals surface area contributed by atoms with Gasteiger partial charge in [-0.3, -0.25) is 4.98 Å². The van der Waals surface area contributed by atoms with Crippen molar-refractivity contribution >= 4 is 50.6 Å². The number of pyridine rings is 2. The van der Waals surface area contributed by atoms with Crippen molar-refractivity contribution in [1.82, 2.24) is 9.97 Å². The van der Waals surface area contributed by atoms with Crippen LogP contribution in [0.4, 0.5) is 5.82 Å². The van der Waals surface area contributed by atoms with E-state index in [1.54, 1.807) is 6.20 Å². The van der Waals surface area contributed by atoms with Crippen LogP contribution in [0.3, 0.4) is 0 Å². The van der Waals surface area contributed by atoms with Gasteiger partial charge in [0.15, 0.2) is 0 Å². The van der Waals surface area contributed by atoms with E-state index in [-0.39, 0.29) is 39.4 Å². The lowest BCUT2D eigenvalue weighted by atomic mass is 10.1. The van der Waals surface area contributed by atoms with E-state index in [4.69, 9.17) is 0 Å². The molecule has 112 valence electrons. The van der Waals surface area contributed by atoms with Crippen LogP contribution >= 0.6 is 34.0 Å². The fourth-order valence-corrected chi connectivity index (χ4v) is 1.95. The lowest BCUT2D eigenvalue weighted by Gasteiger charge is -2.08. The molecule has 4 nitrogen and oxygen atoms in total. The Kier molecular flexibility index (Phi) is 8.76. The third-order valence-electron chi connectivity index (χ3n) is 2.86. The van der Waals surface area contributed by atoms with Gasteiger partial charge in [0.2, 0.25) is 0 Å². The minimum absolute atomic E-state index is 0. The summed E-state index contributed by atoms with van der Waals surface area (Å²) >= 11 is 0. The first-order valence-electron chi connectivity index (χ1n) is 5.90. The molecule has 3 aromatic rings. The molecule has 0 fully saturated rings. The van der Waals surface area contributed by atoms with Crippen molar-refractivity contribution < 1.29 is 5.48 Å². The third-order valence-corrected chi connectivity index (χ3v) is 2.86. The van der Waals surface area contributed by atoms with E-state index in [0.717, 1.165) is 23.3 Å². The molecule has 3 rings (SSSR count). The second kappa shape index (κ2) is 9.44. The van der Waals surface area contributed by atoms with Crippen LogP contribution in [0.1, 0.15) is 5.56 Å². The fourth-order valence-electron chi connectivity index (χ4n) is 1.95. The van der Waals surface area contributed by atoms with E-state index in [1.807, 2.05) is 42.7 Å². The van der Waals surface area contributed by atoms with Crippen LogP contribution in [-0.4, -0.2) is 15.4 Å². The Morgan fingerprint density at radius 2 is 1.71 bits per heavy atom. The summed E-state index contributed by atoms with van der Waals surface area (Å²) in [6.45, 7) is 0.731. The largest absolute Gasteiger partial charge is 0.412 e. The molecule has 0 saturated heterocycles. The molecule has 0 atom stereocenters. The number of hydrogen-bond donors (Lipinski definition) is 1. The Balaban J connectivity index is 0.00000133. The van der Waals surface area contributed by atoms with Gasteiger partial charge in [0.25, 0.3) is 0 Å². The average Bonchev–Trinajstić information content (AvgIpc) is 2.46. The Labute approximate surface area is 144 Å². The van der Waals surface area contributed by atoms with Gasteiger partial charge in [-0.15, -0.1) is 34.0 Å². The van der Waals surface area contributed by atoms with Crippen LogP contribution < -0.4 is 5.32 Å². The summed E-state index contributed by atoms with van der Waals surface area (Å²) < 4.78 is 0. The van der Waals surface area contributed by atoms with Crippen LogP contribution in [0.25, 0.3) is 10.8 Å². The fraction of sp³-hybridized carbons (Fsp3) is 0.0667. The van der Waals surface area contributed by atoms with Crippen molar-refractivity contribution in [2.24, 2.45) is 0 Å². The van der Waals surface area contributed by atoms with E-state index in [9.17, 15) is 0 Å². The van der Waals surface area contributed by atoms with Crippen molar-refractivity contribution in [3.05, 3.63) is 66.6 Å². The first kappa shape index (κ1) is 19.5. The molecule has 1 aromatic carbocycles. The summed E-state index contributed by atoms with van der Waals surface area (Å²) in [6.07, 6.45) is 5.46. The molecule has 6 heteroatoms. The maximum Gasteiger partial charge on any atom is 0.134 e. The maximum absolute atomic E-state index is 4.39.